The number of aliphatic hydroxyl groups excluding tert-OH is 1. The van der Waals surface area contributed by atoms with Crippen LogP contribution in [0.25, 0.3) is 16.5 Å². The maximum Gasteiger partial charge on any atom is 0.296 e. The number of hydrogen-bond donors (Lipinski definition) is 1. The van der Waals surface area contributed by atoms with Gasteiger partial charge in [0.1, 0.15) is 17.3 Å². The minimum absolute atomic E-state index is 0.0569. The summed E-state index contributed by atoms with van der Waals surface area (Å²) >= 11 is 0. The fraction of sp³-hybridized carbons (Fsp3) is 0.172. The van der Waals surface area contributed by atoms with Gasteiger partial charge in [-0.3, -0.25) is 9.59 Å². The zero-order valence-corrected chi connectivity index (χ0v) is 19.5. The van der Waals surface area contributed by atoms with Crippen LogP contribution in [0.4, 0.5) is 0 Å². The summed E-state index contributed by atoms with van der Waals surface area (Å²) in [6.07, 6.45) is 1.53. The predicted octanol–water partition coefficient (Wildman–Crippen LogP) is 5.76. The van der Waals surface area contributed by atoms with Gasteiger partial charge in [0, 0.05) is 5.56 Å². The lowest BCUT2D eigenvalue weighted by molar-refractivity contribution is -0.140. The molecule has 1 aromatic heterocycles. The van der Waals surface area contributed by atoms with Crippen LogP contribution in [0.2, 0.25) is 0 Å². The number of amides is 1. The largest absolute Gasteiger partial charge is 0.507 e. The van der Waals surface area contributed by atoms with E-state index in [0.717, 1.165) is 21.9 Å². The number of benzene rings is 3. The number of carbonyl (C=O) groups excluding carboxylic acids is 2. The zero-order valence-electron chi connectivity index (χ0n) is 19.5. The first-order chi connectivity index (χ1) is 17.0. The molecule has 176 valence electrons. The molecule has 1 aliphatic heterocycles. The Bertz CT molecular complexity index is 1450. The SMILES string of the molecule is CCOc1ccc(/C(O)=C2/C(=O)C(=O)N(Cc3ccco3)C2c2cccc3ccccc23)cc1C. The topological polar surface area (TPSA) is 80.0 Å². The van der Waals surface area contributed by atoms with Crippen LogP contribution in [0.3, 0.4) is 0 Å². The monoisotopic (exact) mass is 467 g/mol. The molecule has 4 aromatic rings. The maximum absolute atomic E-state index is 13.4. The first-order valence-electron chi connectivity index (χ1n) is 11.5. The Labute approximate surface area is 203 Å². The van der Waals surface area contributed by atoms with Crippen molar-refractivity contribution < 1.29 is 23.8 Å². The van der Waals surface area contributed by atoms with Crippen LogP contribution in [-0.4, -0.2) is 28.3 Å². The lowest BCUT2D eigenvalue weighted by atomic mass is 9.91. The number of ketones is 1. The fourth-order valence-electron chi connectivity index (χ4n) is 4.70. The molecule has 0 saturated carbocycles. The van der Waals surface area contributed by atoms with Gasteiger partial charge in [-0.2, -0.15) is 0 Å². The standard InChI is InChI=1S/C29H25NO5/c1-3-34-24-14-13-20(16-18(24)2)27(31)25-26(23-12-6-9-19-8-4-5-11-22(19)23)30(29(33)28(25)32)17-21-10-7-15-35-21/h4-16,26,31H,3,17H2,1-2H3/b27-25-. The van der Waals surface area contributed by atoms with Crippen LogP contribution in [0.15, 0.2) is 89.0 Å². The Kier molecular flexibility index (Phi) is 5.87. The summed E-state index contributed by atoms with van der Waals surface area (Å²) in [5.41, 5.74) is 2.09. The number of hydrogen-bond acceptors (Lipinski definition) is 5. The third kappa shape index (κ3) is 3.97. The molecule has 3 aromatic carbocycles. The highest BCUT2D eigenvalue weighted by Gasteiger charge is 2.46. The molecule has 6 heteroatoms. The second kappa shape index (κ2) is 9.14. The first kappa shape index (κ1) is 22.5. The van der Waals surface area contributed by atoms with Gasteiger partial charge in [-0.1, -0.05) is 42.5 Å². The number of aryl methyl sites for hydroxylation is 1. The number of Topliss-reactive ketones (excluding diaryl/α,β-unsaturated/α-hetero) is 1. The van der Waals surface area contributed by atoms with Gasteiger partial charge in [-0.05, 0) is 66.1 Å². The Hall–Kier alpha value is -4.32. The van der Waals surface area contributed by atoms with Gasteiger partial charge in [0.2, 0.25) is 0 Å². The number of likely N-dealkylation sites (tertiary alicyclic amines) is 1. The van der Waals surface area contributed by atoms with E-state index < -0.39 is 17.7 Å². The molecular weight excluding hydrogens is 442 g/mol. The van der Waals surface area contributed by atoms with Crippen molar-refractivity contribution in [2.24, 2.45) is 0 Å². The van der Waals surface area contributed by atoms with E-state index in [1.165, 1.54) is 11.2 Å². The Balaban J connectivity index is 1.71. The molecule has 1 amide bonds. The molecule has 5 rings (SSSR count). The zero-order chi connectivity index (χ0) is 24.5. The Morgan fingerprint density at radius 1 is 1.03 bits per heavy atom. The summed E-state index contributed by atoms with van der Waals surface area (Å²) in [6.45, 7) is 4.40. The molecule has 0 aliphatic carbocycles. The molecule has 2 heterocycles. The van der Waals surface area contributed by atoms with Crippen molar-refractivity contribution in [2.75, 3.05) is 6.61 Å². The van der Waals surface area contributed by atoms with Gasteiger partial charge in [0.15, 0.2) is 0 Å². The minimum atomic E-state index is -0.780. The van der Waals surface area contributed by atoms with Gasteiger partial charge >= 0.3 is 0 Å². The average Bonchev–Trinajstić information content (AvgIpc) is 3.47. The van der Waals surface area contributed by atoms with Crippen molar-refractivity contribution in [3.8, 4) is 5.75 Å². The second-order valence-corrected chi connectivity index (χ2v) is 8.49. The number of rotatable bonds is 6. The van der Waals surface area contributed by atoms with Crippen LogP contribution in [0.5, 0.6) is 5.75 Å². The molecule has 6 nitrogen and oxygen atoms in total. The molecule has 0 bridgehead atoms. The van der Waals surface area contributed by atoms with Gasteiger partial charge < -0.3 is 19.2 Å². The average molecular weight is 468 g/mol. The van der Waals surface area contributed by atoms with E-state index in [-0.39, 0.29) is 17.9 Å². The molecular formula is C29H25NO5. The van der Waals surface area contributed by atoms with E-state index in [2.05, 4.69) is 0 Å². The van der Waals surface area contributed by atoms with Crippen molar-refractivity contribution in [1.82, 2.24) is 4.90 Å². The molecule has 0 spiro atoms. The van der Waals surface area contributed by atoms with Crippen LogP contribution < -0.4 is 4.74 Å². The van der Waals surface area contributed by atoms with Gasteiger partial charge in [-0.25, -0.2) is 0 Å². The second-order valence-electron chi connectivity index (χ2n) is 8.49. The van der Waals surface area contributed by atoms with E-state index in [4.69, 9.17) is 9.15 Å². The number of aliphatic hydroxyl groups is 1. The van der Waals surface area contributed by atoms with Crippen molar-refractivity contribution >= 4 is 28.2 Å². The smallest absolute Gasteiger partial charge is 0.296 e. The number of furan rings is 1. The molecule has 1 N–H and O–H groups in total. The molecule has 1 unspecified atom stereocenters. The van der Waals surface area contributed by atoms with Crippen LogP contribution in [0.1, 0.15) is 35.4 Å². The summed E-state index contributed by atoms with van der Waals surface area (Å²) in [5.74, 6) is -0.363. The highest BCUT2D eigenvalue weighted by molar-refractivity contribution is 6.46. The predicted molar refractivity (Wildman–Crippen MR) is 133 cm³/mol. The van der Waals surface area contributed by atoms with E-state index in [0.29, 0.717) is 23.7 Å². The van der Waals surface area contributed by atoms with Gasteiger partial charge in [0.05, 0.1) is 31.0 Å². The van der Waals surface area contributed by atoms with Crippen molar-refractivity contribution in [3.63, 3.8) is 0 Å². The number of nitrogens with zero attached hydrogens (tertiary/aromatic N) is 1. The fourth-order valence-corrected chi connectivity index (χ4v) is 4.70. The van der Waals surface area contributed by atoms with Crippen molar-refractivity contribution in [1.29, 1.82) is 0 Å². The number of ether oxygens (including phenoxy) is 1. The highest BCUT2D eigenvalue weighted by atomic mass is 16.5. The summed E-state index contributed by atoms with van der Waals surface area (Å²) < 4.78 is 11.1. The number of fused-ring (bicyclic) bond motifs is 1. The van der Waals surface area contributed by atoms with E-state index >= 15 is 0 Å². The van der Waals surface area contributed by atoms with Gasteiger partial charge in [0.25, 0.3) is 11.7 Å². The molecule has 1 saturated heterocycles. The lowest BCUT2D eigenvalue weighted by Crippen LogP contribution is -2.29. The normalized spacial score (nSPS) is 17.3. The quantitative estimate of drug-likeness (QED) is 0.221. The maximum atomic E-state index is 13.4. The highest BCUT2D eigenvalue weighted by Crippen LogP contribution is 2.43. The molecule has 1 fully saturated rings. The third-order valence-corrected chi connectivity index (χ3v) is 6.31. The van der Waals surface area contributed by atoms with Gasteiger partial charge in [-0.15, -0.1) is 0 Å². The van der Waals surface area contributed by atoms with E-state index in [1.807, 2.05) is 56.3 Å². The van der Waals surface area contributed by atoms with Crippen LogP contribution in [-0.2, 0) is 16.1 Å². The molecule has 35 heavy (non-hydrogen) atoms. The molecule has 1 atom stereocenters. The summed E-state index contributed by atoms with van der Waals surface area (Å²) in [6, 6.07) is 21.5. The Morgan fingerprint density at radius 3 is 2.57 bits per heavy atom. The summed E-state index contributed by atoms with van der Waals surface area (Å²) in [5, 5.41) is 13.3. The third-order valence-electron chi connectivity index (χ3n) is 6.31. The summed E-state index contributed by atoms with van der Waals surface area (Å²) in [4.78, 5) is 28.1. The van der Waals surface area contributed by atoms with Crippen LogP contribution in [0, 0.1) is 6.92 Å². The first-order valence-corrected chi connectivity index (χ1v) is 11.5. The summed E-state index contributed by atoms with van der Waals surface area (Å²) in [7, 11) is 0. The van der Waals surface area contributed by atoms with Crippen molar-refractivity contribution in [2.45, 2.75) is 26.4 Å². The van der Waals surface area contributed by atoms with E-state index in [9.17, 15) is 14.7 Å². The van der Waals surface area contributed by atoms with Crippen LogP contribution >= 0.6 is 0 Å². The molecule has 1 aliphatic rings. The Morgan fingerprint density at radius 2 is 1.83 bits per heavy atom. The van der Waals surface area contributed by atoms with E-state index in [1.54, 1.807) is 30.3 Å². The lowest BCUT2D eigenvalue weighted by Gasteiger charge is -2.25. The van der Waals surface area contributed by atoms with Crippen molar-refractivity contribution in [3.05, 3.63) is 107 Å². The minimum Gasteiger partial charge on any atom is -0.507 e. The molecule has 0 radical (unpaired) electrons. The number of carbonyl (C=O) groups is 2.